The molecule has 0 spiro atoms. The highest BCUT2D eigenvalue weighted by molar-refractivity contribution is 5.96. The molecule has 0 aliphatic carbocycles. The molecule has 1 aromatic carbocycles. The van der Waals surface area contributed by atoms with E-state index < -0.39 is 17.4 Å². The molecule has 1 saturated heterocycles. The summed E-state index contributed by atoms with van der Waals surface area (Å²) in [5.41, 5.74) is -0.661. The van der Waals surface area contributed by atoms with Crippen LogP contribution in [0.5, 0.6) is 0 Å². The second kappa shape index (κ2) is 7.06. The van der Waals surface area contributed by atoms with Gasteiger partial charge in [-0.3, -0.25) is 9.48 Å². The van der Waals surface area contributed by atoms with Crippen molar-refractivity contribution in [2.75, 3.05) is 13.2 Å². The number of carbonyl (C=O) groups is 2. The minimum absolute atomic E-state index is 0.0808. The van der Waals surface area contributed by atoms with Crippen LogP contribution in [0.3, 0.4) is 0 Å². The summed E-state index contributed by atoms with van der Waals surface area (Å²) < 4.78 is 7.02. The molecule has 2 aromatic rings. The first kappa shape index (κ1) is 17.2. The molecule has 1 aliphatic rings. The molecule has 0 saturated carbocycles. The molecule has 0 bridgehead atoms. The normalized spacial score (nSPS) is 17.6. The number of nitrogens with one attached hydrogen (secondary N) is 1. The Hall–Kier alpha value is -2.67. The Morgan fingerprint density at radius 2 is 1.92 bits per heavy atom. The molecule has 1 aliphatic heterocycles. The first-order valence-electron chi connectivity index (χ1n) is 8.25. The summed E-state index contributed by atoms with van der Waals surface area (Å²) in [6, 6.07) is 10.3. The van der Waals surface area contributed by atoms with Gasteiger partial charge in [0.2, 0.25) is 0 Å². The van der Waals surface area contributed by atoms with Crippen LogP contribution in [0.25, 0.3) is 0 Å². The van der Waals surface area contributed by atoms with Crippen molar-refractivity contribution in [1.29, 1.82) is 0 Å². The zero-order valence-corrected chi connectivity index (χ0v) is 14.0. The second-order valence-corrected chi connectivity index (χ2v) is 6.25. The van der Waals surface area contributed by atoms with Gasteiger partial charge in [0, 0.05) is 19.4 Å². The highest BCUT2D eigenvalue weighted by Crippen LogP contribution is 2.24. The smallest absolute Gasteiger partial charge is 0.333 e. The third kappa shape index (κ3) is 3.41. The molecule has 1 amide bonds. The first-order chi connectivity index (χ1) is 12.0. The van der Waals surface area contributed by atoms with Crippen LogP contribution in [0.1, 0.15) is 41.9 Å². The summed E-state index contributed by atoms with van der Waals surface area (Å²) in [6.45, 7) is 2.74. The summed E-state index contributed by atoms with van der Waals surface area (Å²) in [5.74, 6) is -1.58. The third-order valence-electron chi connectivity index (χ3n) is 4.58. The zero-order valence-electron chi connectivity index (χ0n) is 14.0. The Morgan fingerprint density at radius 1 is 1.24 bits per heavy atom. The second-order valence-electron chi connectivity index (χ2n) is 6.25. The molecule has 25 heavy (non-hydrogen) atoms. The Labute approximate surface area is 145 Å². The van der Waals surface area contributed by atoms with E-state index in [-0.39, 0.29) is 6.04 Å². The fourth-order valence-corrected chi connectivity index (χ4v) is 3.03. The van der Waals surface area contributed by atoms with Crippen molar-refractivity contribution < 1.29 is 19.4 Å². The Morgan fingerprint density at radius 3 is 2.56 bits per heavy atom. The van der Waals surface area contributed by atoms with Crippen LogP contribution in [0.4, 0.5) is 0 Å². The van der Waals surface area contributed by atoms with E-state index in [4.69, 9.17) is 4.74 Å². The fraction of sp³-hybridized carbons (Fsp3) is 0.389. The van der Waals surface area contributed by atoms with Gasteiger partial charge in [-0.2, -0.15) is 5.10 Å². The number of hydrogen-bond acceptors (Lipinski definition) is 4. The average Bonchev–Trinajstić information content (AvgIpc) is 3.13. The quantitative estimate of drug-likeness (QED) is 0.866. The lowest BCUT2D eigenvalue weighted by atomic mass is 9.92. The van der Waals surface area contributed by atoms with E-state index in [1.54, 1.807) is 47.3 Å². The van der Waals surface area contributed by atoms with Crippen molar-refractivity contribution in [3.8, 4) is 0 Å². The summed E-state index contributed by atoms with van der Waals surface area (Å²) >= 11 is 0. The Bertz CT molecular complexity index is 753. The van der Waals surface area contributed by atoms with Crippen LogP contribution in [0, 0.1) is 0 Å². The highest BCUT2D eigenvalue weighted by Gasteiger charge is 2.38. The largest absolute Gasteiger partial charge is 0.479 e. The van der Waals surface area contributed by atoms with Gasteiger partial charge in [-0.05, 0) is 31.4 Å². The Kier molecular flexibility index (Phi) is 4.85. The minimum Gasteiger partial charge on any atom is -0.479 e. The first-order valence-corrected chi connectivity index (χ1v) is 8.25. The van der Waals surface area contributed by atoms with E-state index in [1.807, 2.05) is 0 Å². The molecule has 1 atom stereocenters. The maximum absolute atomic E-state index is 12.8. The molecule has 0 radical (unpaired) electrons. The number of aliphatic carboxylic acids is 1. The SMILES string of the molecule is CC(NC(=O)c1ccnn1C1CCOCC1)(C(=O)O)c1ccccc1. The van der Waals surface area contributed by atoms with Crippen molar-refractivity contribution in [3.05, 3.63) is 53.9 Å². The maximum Gasteiger partial charge on any atom is 0.333 e. The zero-order chi connectivity index (χ0) is 17.9. The predicted molar refractivity (Wildman–Crippen MR) is 90.2 cm³/mol. The lowest BCUT2D eigenvalue weighted by molar-refractivity contribution is -0.144. The van der Waals surface area contributed by atoms with Crippen LogP contribution in [-0.4, -0.2) is 40.0 Å². The van der Waals surface area contributed by atoms with Gasteiger partial charge in [0.1, 0.15) is 5.69 Å². The number of amides is 1. The van der Waals surface area contributed by atoms with Gasteiger partial charge in [-0.1, -0.05) is 30.3 Å². The molecule has 2 heterocycles. The molecule has 3 rings (SSSR count). The average molecular weight is 343 g/mol. The fourth-order valence-electron chi connectivity index (χ4n) is 3.03. The standard InChI is InChI=1S/C18H21N3O4/c1-18(17(23)24,13-5-3-2-4-6-13)20-16(22)15-7-10-19-21(15)14-8-11-25-12-9-14/h2-7,10,14H,8-9,11-12H2,1H3,(H,20,22)(H,23,24). The number of hydrogen-bond donors (Lipinski definition) is 2. The monoisotopic (exact) mass is 343 g/mol. The van der Waals surface area contributed by atoms with Gasteiger partial charge < -0.3 is 15.2 Å². The van der Waals surface area contributed by atoms with Gasteiger partial charge in [0.25, 0.3) is 5.91 Å². The third-order valence-corrected chi connectivity index (χ3v) is 4.58. The number of nitrogens with zero attached hydrogens (tertiary/aromatic N) is 2. The van der Waals surface area contributed by atoms with Gasteiger partial charge in [0.05, 0.1) is 6.04 Å². The molecule has 1 aromatic heterocycles. The van der Waals surface area contributed by atoms with E-state index in [0.717, 1.165) is 12.8 Å². The summed E-state index contributed by atoms with van der Waals surface area (Å²) in [7, 11) is 0. The van der Waals surface area contributed by atoms with Crippen molar-refractivity contribution in [3.63, 3.8) is 0 Å². The minimum atomic E-state index is -1.52. The number of ether oxygens (including phenoxy) is 1. The molecule has 7 nitrogen and oxygen atoms in total. The highest BCUT2D eigenvalue weighted by atomic mass is 16.5. The van der Waals surface area contributed by atoms with Crippen molar-refractivity contribution >= 4 is 11.9 Å². The van der Waals surface area contributed by atoms with Crippen LogP contribution in [0.2, 0.25) is 0 Å². The van der Waals surface area contributed by atoms with Crippen LogP contribution in [-0.2, 0) is 15.1 Å². The summed E-state index contributed by atoms with van der Waals surface area (Å²) in [6.07, 6.45) is 3.11. The van der Waals surface area contributed by atoms with Gasteiger partial charge in [0.15, 0.2) is 5.54 Å². The maximum atomic E-state index is 12.8. The van der Waals surface area contributed by atoms with Crippen LogP contribution < -0.4 is 5.32 Å². The molecule has 7 heteroatoms. The molecule has 2 N–H and O–H groups in total. The number of benzene rings is 1. The van der Waals surface area contributed by atoms with Crippen LogP contribution in [0.15, 0.2) is 42.6 Å². The number of rotatable bonds is 5. The lowest BCUT2D eigenvalue weighted by Gasteiger charge is -2.28. The number of carbonyl (C=O) groups excluding carboxylic acids is 1. The number of carboxylic acids is 1. The van der Waals surface area contributed by atoms with E-state index in [9.17, 15) is 14.7 Å². The summed E-state index contributed by atoms with van der Waals surface area (Å²) in [5, 5.41) is 16.6. The lowest BCUT2D eigenvalue weighted by Crippen LogP contribution is -2.50. The van der Waals surface area contributed by atoms with Crippen LogP contribution >= 0.6 is 0 Å². The van der Waals surface area contributed by atoms with E-state index in [0.29, 0.717) is 24.5 Å². The predicted octanol–water partition coefficient (Wildman–Crippen LogP) is 1.96. The van der Waals surface area contributed by atoms with Gasteiger partial charge in [-0.25, -0.2) is 4.79 Å². The topological polar surface area (TPSA) is 93.5 Å². The van der Waals surface area contributed by atoms with Crippen molar-refractivity contribution in [2.45, 2.75) is 31.3 Å². The van der Waals surface area contributed by atoms with Crippen molar-refractivity contribution in [1.82, 2.24) is 15.1 Å². The van der Waals surface area contributed by atoms with E-state index in [2.05, 4.69) is 10.4 Å². The molecule has 1 unspecified atom stereocenters. The molecular weight excluding hydrogens is 322 g/mol. The number of carboxylic acid groups (broad SMARTS) is 1. The van der Waals surface area contributed by atoms with E-state index >= 15 is 0 Å². The molecular formula is C18H21N3O4. The summed E-state index contributed by atoms with van der Waals surface area (Å²) in [4.78, 5) is 24.7. The number of aromatic nitrogens is 2. The Balaban J connectivity index is 1.86. The van der Waals surface area contributed by atoms with E-state index in [1.165, 1.54) is 6.92 Å². The van der Waals surface area contributed by atoms with Gasteiger partial charge in [-0.15, -0.1) is 0 Å². The molecule has 132 valence electrons. The van der Waals surface area contributed by atoms with Gasteiger partial charge >= 0.3 is 5.97 Å². The molecule has 1 fully saturated rings. The van der Waals surface area contributed by atoms with Crippen molar-refractivity contribution in [2.24, 2.45) is 0 Å².